The molecule has 1 fully saturated rings. The van der Waals surface area contributed by atoms with Gasteiger partial charge in [-0.15, -0.1) is 0 Å². The molecule has 0 saturated carbocycles. The number of benzene rings is 2. The lowest BCUT2D eigenvalue weighted by molar-refractivity contribution is -0.151. The zero-order chi connectivity index (χ0) is 20.9. The van der Waals surface area contributed by atoms with Crippen LogP contribution < -0.4 is 9.64 Å². The van der Waals surface area contributed by atoms with E-state index in [1.807, 2.05) is 54.7 Å². The molecular weight excluding hydrogens is 382 g/mol. The van der Waals surface area contributed by atoms with Crippen LogP contribution in [0.5, 0.6) is 5.75 Å². The van der Waals surface area contributed by atoms with Crippen molar-refractivity contribution in [2.24, 2.45) is 0 Å². The maximum absolute atomic E-state index is 12.5. The molecular formula is C23H25N3O4. The molecule has 2 heterocycles. The maximum Gasteiger partial charge on any atom is 0.310 e. The van der Waals surface area contributed by atoms with Crippen LogP contribution in [0, 0.1) is 0 Å². The summed E-state index contributed by atoms with van der Waals surface area (Å²) in [5.41, 5.74) is 2.95. The second-order valence-corrected chi connectivity index (χ2v) is 7.26. The second kappa shape index (κ2) is 8.90. The summed E-state index contributed by atoms with van der Waals surface area (Å²) in [5, 5.41) is 0.996. The SMILES string of the molecule is COc1ccc(N2CCN(C(=O)COC(=O)Cc3c[nH]c4ccccc34)CC2)cc1. The van der Waals surface area contributed by atoms with Gasteiger partial charge in [-0.25, -0.2) is 0 Å². The minimum absolute atomic E-state index is 0.141. The van der Waals surface area contributed by atoms with E-state index in [1.165, 1.54) is 0 Å². The van der Waals surface area contributed by atoms with Gasteiger partial charge in [0.15, 0.2) is 6.61 Å². The van der Waals surface area contributed by atoms with Crippen molar-refractivity contribution in [2.45, 2.75) is 6.42 Å². The molecule has 1 aliphatic heterocycles. The number of para-hydroxylation sites is 1. The van der Waals surface area contributed by atoms with Crippen LogP contribution in [0.3, 0.4) is 0 Å². The number of hydrogen-bond donors (Lipinski definition) is 1. The van der Waals surface area contributed by atoms with E-state index in [9.17, 15) is 9.59 Å². The van der Waals surface area contributed by atoms with E-state index >= 15 is 0 Å². The Kier molecular flexibility index (Phi) is 5.88. The predicted octanol–water partition coefficient (Wildman–Crippen LogP) is 2.61. The Morgan fingerprint density at radius 3 is 2.47 bits per heavy atom. The third-order valence-electron chi connectivity index (χ3n) is 5.44. The minimum Gasteiger partial charge on any atom is -0.497 e. The molecule has 0 aliphatic carbocycles. The van der Waals surface area contributed by atoms with Gasteiger partial charge in [-0.3, -0.25) is 9.59 Å². The molecule has 156 valence electrons. The van der Waals surface area contributed by atoms with Gasteiger partial charge in [-0.05, 0) is 35.9 Å². The van der Waals surface area contributed by atoms with Crippen molar-refractivity contribution in [2.75, 3.05) is 44.8 Å². The van der Waals surface area contributed by atoms with E-state index in [0.717, 1.165) is 41.0 Å². The average Bonchev–Trinajstić information content (AvgIpc) is 3.20. The van der Waals surface area contributed by atoms with Crippen LogP contribution in [0.4, 0.5) is 5.69 Å². The second-order valence-electron chi connectivity index (χ2n) is 7.26. The number of piperazine rings is 1. The fourth-order valence-electron chi connectivity index (χ4n) is 3.73. The molecule has 0 atom stereocenters. The molecule has 0 bridgehead atoms. The number of carbonyl (C=O) groups is 2. The number of esters is 1. The van der Waals surface area contributed by atoms with E-state index < -0.39 is 5.97 Å². The first-order chi connectivity index (χ1) is 14.6. The molecule has 0 unspecified atom stereocenters. The number of methoxy groups -OCH3 is 1. The maximum atomic E-state index is 12.5. The van der Waals surface area contributed by atoms with E-state index in [-0.39, 0.29) is 18.9 Å². The highest BCUT2D eigenvalue weighted by atomic mass is 16.5. The summed E-state index contributed by atoms with van der Waals surface area (Å²) in [6.07, 6.45) is 1.95. The van der Waals surface area contributed by atoms with Gasteiger partial charge >= 0.3 is 5.97 Å². The molecule has 0 spiro atoms. The quantitative estimate of drug-likeness (QED) is 0.636. The Bertz CT molecular complexity index is 1020. The Balaban J connectivity index is 1.24. The van der Waals surface area contributed by atoms with Crippen LogP contribution in [-0.4, -0.2) is 61.7 Å². The number of hydrogen-bond acceptors (Lipinski definition) is 5. The number of amides is 1. The minimum atomic E-state index is -0.398. The van der Waals surface area contributed by atoms with Crippen LogP contribution in [0.25, 0.3) is 10.9 Å². The third kappa shape index (κ3) is 4.40. The normalized spacial score (nSPS) is 14.0. The number of H-pyrrole nitrogens is 1. The number of nitrogens with zero attached hydrogens (tertiary/aromatic N) is 2. The van der Waals surface area contributed by atoms with Gasteiger partial charge < -0.3 is 24.3 Å². The molecule has 1 N–H and O–H groups in total. The monoisotopic (exact) mass is 407 g/mol. The molecule has 30 heavy (non-hydrogen) atoms. The number of aromatic amines is 1. The van der Waals surface area contributed by atoms with Crippen molar-refractivity contribution < 1.29 is 19.1 Å². The van der Waals surface area contributed by atoms with Crippen molar-refractivity contribution in [3.63, 3.8) is 0 Å². The molecule has 0 radical (unpaired) electrons. The van der Waals surface area contributed by atoms with E-state index in [0.29, 0.717) is 13.1 Å². The molecule has 4 rings (SSSR count). The van der Waals surface area contributed by atoms with Gasteiger partial charge in [-0.2, -0.15) is 0 Å². The van der Waals surface area contributed by atoms with Crippen molar-refractivity contribution >= 4 is 28.5 Å². The molecule has 1 aromatic heterocycles. The Labute approximate surface area is 175 Å². The number of nitrogens with one attached hydrogen (secondary N) is 1. The van der Waals surface area contributed by atoms with Crippen molar-refractivity contribution in [1.82, 2.24) is 9.88 Å². The Morgan fingerprint density at radius 1 is 1.00 bits per heavy atom. The highest BCUT2D eigenvalue weighted by Gasteiger charge is 2.22. The first-order valence-corrected chi connectivity index (χ1v) is 10.0. The number of carbonyl (C=O) groups excluding carboxylic acids is 2. The summed E-state index contributed by atoms with van der Waals surface area (Å²) in [6, 6.07) is 15.7. The number of aromatic nitrogens is 1. The first kappa shape index (κ1) is 19.8. The molecule has 1 amide bonds. The standard InChI is InChI=1S/C23H25N3O4/c1-29-19-8-6-18(7-9-19)25-10-12-26(13-11-25)22(27)16-30-23(28)14-17-15-24-21-5-3-2-4-20(17)21/h2-9,15,24H,10-14,16H2,1H3. The topological polar surface area (TPSA) is 74.9 Å². The lowest BCUT2D eigenvalue weighted by atomic mass is 10.1. The molecule has 7 nitrogen and oxygen atoms in total. The summed E-state index contributed by atoms with van der Waals surface area (Å²) >= 11 is 0. The van der Waals surface area contributed by atoms with Crippen molar-refractivity contribution in [1.29, 1.82) is 0 Å². The van der Waals surface area contributed by atoms with Gasteiger partial charge in [-0.1, -0.05) is 18.2 Å². The summed E-state index contributed by atoms with van der Waals surface area (Å²) in [5.74, 6) is 0.267. The fraction of sp³-hybridized carbons (Fsp3) is 0.304. The van der Waals surface area contributed by atoms with E-state index in [4.69, 9.17) is 9.47 Å². The van der Waals surface area contributed by atoms with Gasteiger partial charge in [0, 0.05) is 49.0 Å². The van der Waals surface area contributed by atoms with Crippen LogP contribution in [0.1, 0.15) is 5.56 Å². The highest BCUT2D eigenvalue weighted by Crippen LogP contribution is 2.21. The smallest absolute Gasteiger partial charge is 0.310 e. The van der Waals surface area contributed by atoms with Crippen LogP contribution in [0.2, 0.25) is 0 Å². The molecule has 7 heteroatoms. The molecule has 1 saturated heterocycles. The van der Waals surface area contributed by atoms with Crippen LogP contribution >= 0.6 is 0 Å². The zero-order valence-electron chi connectivity index (χ0n) is 17.0. The lowest BCUT2D eigenvalue weighted by Crippen LogP contribution is -2.49. The van der Waals surface area contributed by atoms with E-state index in [1.54, 1.807) is 12.0 Å². The summed E-state index contributed by atoms with van der Waals surface area (Å²) in [6.45, 7) is 2.46. The predicted molar refractivity (Wildman–Crippen MR) is 115 cm³/mol. The van der Waals surface area contributed by atoms with Crippen molar-refractivity contribution in [3.8, 4) is 5.75 Å². The third-order valence-corrected chi connectivity index (χ3v) is 5.44. The van der Waals surface area contributed by atoms with E-state index in [2.05, 4.69) is 9.88 Å². The molecule has 3 aromatic rings. The van der Waals surface area contributed by atoms with Crippen molar-refractivity contribution in [3.05, 3.63) is 60.3 Å². The molecule has 2 aromatic carbocycles. The number of ether oxygens (including phenoxy) is 2. The zero-order valence-corrected chi connectivity index (χ0v) is 17.0. The Morgan fingerprint density at radius 2 is 1.73 bits per heavy atom. The average molecular weight is 407 g/mol. The van der Waals surface area contributed by atoms with Gasteiger partial charge in [0.25, 0.3) is 5.91 Å². The van der Waals surface area contributed by atoms with Gasteiger partial charge in [0.2, 0.25) is 0 Å². The summed E-state index contributed by atoms with van der Waals surface area (Å²) in [4.78, 5) is 31.8. The summed E-state index contributed by atoms with van der Waals surface area (Å²) in [7, 11) is 1.65. The fourth-order valence-corrected chi connectivity index (χ4v) is 3.73. The molecule has 1 aliphatic rings. The van der Waals surface area contributed by atoms with Gasteiger partial charge in [0.05, 0.1) is 13.5 Å². The summed E-state index contributed by atoms with van der Waals surface area (Å²) < 4.78 is 10.4. The van der Waals surface area contributed by atoms with Crippen LogP contribution in [-0.2, 0) is 20.7 Å². The largest absolute Gasteiger partial charge is 0.497 e. The Hall–Kier alpha value is -3.48. The lowest BCUT2D eigenvalue weighted by Gasteiger charge is -2.36. The number of fused-ring (bicyclic) bond motifs is 1. The number of rotatable bonds is 6. The van der Waals surface area contributed by atoms with Gasteiger partial charge in [0.1, 0.15) is 5.75 Å². The number of anilines is 1. The van der Waals surface area contributed by atoms with Crippen LogP contribution in [0.15, 0.2) is 54.7 Å². The first-order valence-electron chi connectivity index (χ1n) is 10.0. The highest BCUT2D eigenvalue weighted by molar-refractivity contribution is 5.88.